The van der Waals surface area contributed by atoms with Crippen molar-refractivity contribution in [3.8, 4) is 0 Å². The molecule has 1 amide bonds. The number of carbonyl (C=O) groups is 1. The largest absolute Gasteiger partial charge is 0.326 e. The highest BCUT2D eigenvalue weighted by atomic mass is 16.2. The van der Waals surface area contributed by atoms with Gasteiger partial charge in [0.05, 0.1) is 16.4 Å². The number of benzene rings is 2. The average Bonchev–Trinajstić information content (AvgIpc) is 3.07. The number of imidazole rings is 1. The zero-order valence-corrected chi connectivity index (χ0v) is 16.3. The molecule has 0 radical (unpaired) electrons. The van der Waals surface area contributed by atoms with Crippen LogP contribution in [-0.2, 0) is 10.2 Å². The zero-order chi connectivity index (χ0) is 19.6. The highest BCUT2D eigenvalue weighted by Gasteiger charge is 2.60. The predicted octanol–water partition coefficient (Wildman–Crippen LogP) is 4.33. The molecule has 4 saturated carbocycles. The van der Waals surface area contributed by atoms with Gasteiger partial charge in [-0.2, -0.15) is 0 Å². The Morgan fingerprint density at radius 3 is 2.41 bits per heavy atom. The van der Waals surface area contributed by atoms with Gasteiger partial charge < -0.3 is 15.3 Å². The number of anilines is 1. The van der Waals surface area contributed by atoms with Crippen molar-refractivity contribution in [2.45, 2.75) is 43.9 Å². The van der Waals surface area contributed by atoms with E-state index in [1.54, 1.807) is 0 Å². The first-order chi connectivity index (χ1) is 14.0. The van der Waals surface area contributed by atoms with Crippen LogP contribution in [0.4, 0.5) is 5.69 Å². The number of fused-ring (bicyclic) bond motifs is 1. The number of hydrogen-bond acceptors (Lipinski definition) is 2. The Morgan fingerprint density at radius 1 is 0.931 bits per heavy atom. The van der Waals surface area contributed by atoms with E-state index in [-0.39, 0.29) is 22.4 Å². The van der Waals surface area contributed by atoms with Crippen LogP contribution in [0.5, 0.6) is 0 Å². The van der Waals surface area contributed by atoms with Crippen molar-refractivity contribution in [2.24, 2.45) is 17.3 Å². The summed E-state index contributed by atoms with van der Waals surface area (Å²) < 4.78 is 0. The van der Waals surface area contributed by atoms with E-state index in [4.69, 9.17) is 0 Å². The van der Waals surface area contributed by atoms with Gasteiger partial charge in [-0.1, -0.05) is 30.3 Å². The molecular formula is C24H25N3O2. The Morgan fingerprint density at radius 2 is 1.66 bits per heavy atom. The third-order valence-electron chi connectivity index (χ3n) is 7.70. The minimum atomic E-state index is -0.277. The van der Waals surface area contributed by atoms with Crippen LogP contribution in [-0.4, -0.2) is 15.9 Å². The minimum absolute atomic E-state index is 0.151. The molecule has 2 atom stereocenters. The molecule has 4 aliphatic carbocycles. The lowest BCUT2D eigenvalue weighted by Crippen LogP contribution is -2.57. The normalized spacial score (nSPS) is 32.6. The summed E-state index contributed by atoms with van der Waals surface area (Å²) in [5.41, 5.74) is 3.29. The molecule has 4 bridgehead atoms. The molecule has 3 N–H and O–H groups in total. The summed E-state index contributed by atoms with van der Waals surface area (Å²) in [6.45, 7) is 0. The quantitative estimate of drug-likeness (QED) is 0.625. The second-order valence-electron chi connectivity index (χ2n) is 9.68. The maximum atomic E-state index is 13.6. The second-order valence-corrected chi connectivity index (χ2v) is 9.68. The van der Waals surface area contributed by atoms with Crippen molar-refractivity contribution in [3.63, 3.8) is 0 Å². The highest BCUT2D eigenvalue weighted by molar-refractivity contribution is 5.97. The van der Waals surface area contributed by atoms with E-state index < -0.39 is 0 Å². The van der Waals surface area contributed by atoms with Crippen molar-refractivity contribution >= 4 is 22.6 Å². The molecular weight excluding hydrogens is 362 g/mol. The smallest absolute Gasteiger partial charge is 0.323 e. The molecule has 4 fully saturated rings. The number of aromatic amines is 2. The van der Waals surface area contributed by atoms with Crippen molar-refractivity contribution in [3.05, 3.63) is 64.6 Å². The molecule has 29 heavy (non-hydrogen) atoms. The van der Waals surface area contributed by atoms with Gasteiger partial charge in [0.15, 0.2) is 0 Å². The van der Waals surface area contributed by atoms with E-state index in [1.807, 2.05) is 18.2 Å². The summed E-state index contributed by atoms with van der Waals surface area (Å²) in [4.78, 5) is 30.6. The predicted molar refractivity (Wildman–Crippen MR) is 113 cm³/mol. The summed E-state index contributed by atoms with van der Waals surface area (Å²) in [5.74, 6) is 1.44. The summed E-state index contributed by atoms with van der Waals surface area (Å²) in [6.07, 6.45) is 6.69. The van der Waals surface area contributed by atoms with Crippen molar-refractivity contribution in [1.29, 1.82) is 0 Å². The maximum Gasteiger partial charge on any atom is 0.323 e. The van der Waals surface area contributed by atoms with Crippen LogP contribution >= 0.6 is 0 Å². The molecule has 1 aromatic heterocycles. The van der Waals surface area contributed by atoms with Gasteiger partial charge in [0.1, 0.15) is 0 Å². The van der Waals surface area contributed by atoms with E-state index in [0.29, 0.717) is 11.8 Å². The lowest BCUT2D eigenvalue weighted by Gasteiger charge is -2.61. The van der Waals surface area contributed by atoms with E-state index in [0.717, 1.165) is 36.0 Å². The summed E-state index contributed by atoms with van der Waals surface area (Å²) in [7, 11) is 0. The first-order valence-corrected chi connectivity index (χ1v) is 10.6. The van der Waals surface area contributed by atoms with Gasteiger partial charge in [0.2, 0.25) is 5.91 Å². The molecule has 2 unspecified atom stereocenters. The van der Waals surface area contributed by atoms with Crippen LogP contribution < -0.4 is 11.0 Å². The Labute approximate surface area is 168 Å². The van der Waals surface area contributed by atoms with Gasteiger partial charge in [-0.15, -0.1) is 0 Å². The molecule has 0 saturated heterocycles. The van der Waals surface area contributed by atoms with Crippen molar-refractivity contribution < 1.29 is 4.79 Å². The van der Waals surface area contributed by atoms with Gasteiger partial charge in [-0.25, -0.2) is 4.79 Å². The number of H-pyrrole nitrogens is 2. The lowest BCUT2D eigenvalue weighted by molar-refractivity contribution is -0.143. The van der Waals surface area contributed by atoms with E-state index >= 15 is 0 Å². The number of amides is 1. The molecule has 148 valence electrons. The molecule has 5 nitrogen and oxygen atoms in total. The Hall–Kier alpha value is -2.82. The number of hydrogen-bond donors (Lipinski definition) is 3. The molecule has 5 heteroatoms. The molecule has 0 spiro atoms. The van der Waals surface area contributed by atoms with Crippen LogP contribution in [0.1, 0.15) is 44.1 Å². The van der Waals surface area contributed by atoms with Gasteiger partial charge in [0, 0.05) is 5.69 Å². The number of aromatic nitrogens is 2. The first-order valence-electron chi connectivity index (χ1n) is 10.6. The topological polar surface area (TPSA) is 77.8 Å². The lowest BCUT2D eigenvalue weighted by atomic mass is 9.42. The first kappa shape index (κ1) is 17.1. The fraction of sp³-hybridized carbons (Fsp3) is 0.417. The standard InChI is InChI=1S/C24H25N3O2/c28-21(25-18-6-7-19-20(9-18)27-22(29)26-19)24-12-15-8-16(13-24)11-23(10-15,14-24)17-4-2-1-3-5-17/h1-7,9,15-16H,8,10-14H2,(H,25,28)(H2,26,27,29). The third kappa shape index (κ3) is 2.60. The second kappa shape index (κ2) is 5.85. The molecule has 3 aromatic rings. The van der Waals surface area contributed by atoms with Crippen molar-refractivity contribution in [1.82, 2.24) is 9.97 Å². The Bertz CT molecular complexity index is 1150. The van der Waals surface area contributed by atoms with Crippen LogP contribution in [0.25, 0.3) is 11.0 Å². The minimum Gasteiger partial charge on any atom is -0.326 e. The van der Waals surface area contributed by atoms with Crippen LogP contribution in [0.3, 0.4) is 0 Å². The summed E-state index contributed by atoms with van der Waals surface area (Å²) in [5, 5.41) is 3.19. The Balaban J connectivity index is 1.33. The Kier molecular flexibility index (Phi) is 3.44. The fourth-order valence-corrected chi connectivity index (χ4v) is 7.03. The van der Waals surface area contributed by atoms with Crippen molar-refractivity contribution in [2.75, 3.05) is 5.32 Å². The maximum absolute atomic E-state index is 13.6. The fourth-order valence-electron chi connectivity index (χ4n) is 7.03. The van der Waals surface area contributed by atoms with Crippen LogP contribution in [0, 0.1) is 17.3 Å². The number of rotatable bonds is 3. The molecule has 1 heterocycles. The summed E-state index contributed by atoms with van der Waals surface area (Å²) >= 11 is 0. The SMILES string of the molecule is O=C(Nc1ccc2[nH]c(=O)[nH]c2c1)C12CC3CC(C1)CC(c1ccccc1)(C3)C2. The number of carbonyl (C=O) groups excluding carboxylic acids is 1. The summed E-state index contributed by atoms with van der Waals surface area (Å²) in [6, 6.07) is 16.4. The molecule has 2 aromatic carbocycles. The van der Waals surface area contributed by atoms with E-state index in [1.165, 1.54) is 24.8 Å². The van der Waals surface area contributed by atoms with Gasteiger partial charge in [-0.05, 0) is 79.5 Å². The molecule has 0 aliphatic heterocycles. The molecule has 4 aliphatic rings. The third-order valence-corrected chi connectivity index (χ3v) is 7.70. The van der Waals surface area contributed by atoms with Crippen LogP contribution in [0.2, 0.25) is 0 Å². The zero-order valence-electron chi connectivity index (χ0n) is 16.3. The van der Waals surface area contributed by atoms with E-state index in [2.05, 4.69) is 45.6 Å². The molecule has 7 rings (SSSR count). The monoisotopic (exact) mass is 387 g/mol. The van der Waals surface area contributed by atoms with Gasteiger partial charge in [-0.3, -0.25) is 4.79 Å². The van der Waals surface area contributed by atoms with E-state index in [9.17, 15) is 9.59 Å². The number of nitrogens with one attached hydrogen (secondary N) is 3. The van der Waals surface area contributed by atoms with Crippen LogP contribution in [0.15, 0.2) is 53.3 Å². The highest BCUT2D eigenvalue weighted by Crippen LogP contribution is 2.65. The van der Waals surface area contributed by atoms with Gasteiger partial charge >= 0.3 is 5.69 Å². The average molecular weight is 387 g/mol. The van der Waals surface area contributed by atoms with Gasteiger partial charge in [0.25, 0.3) is 0 Å².